The number of aromatic nitrogens is 3. The van der Waals surface area contributed by atoms with E-state index in [1.54, 1.807) is 41.1 Å². The van der Waals surface area contributed by atoms with Crippen LogP contribution in [0, 0.1) is 5.95 Å². The van der Waals surface area contributed by atoms with Crippen LogP contribution in [0.15, 0.2) is 77.9 Å². The van der Waals surface area contributed by atoms with Crippen LogP contribution in [0.25, 0.3) is 16.8 Å². The van der Waals surface area contributed by atoms with Crippen LogP contribution < -0.4 is 0 Å². The number of ketones is 1. The van der Waals surface area contributed by atoms with Crippen LogP contribution in [-0.4, -0.2) is 20.3 Å². The van der Waals surface area contributed by atoms with Crippen molar-refractivity contribution in [2.24, 2.45) is 0 Å². The molecule has 25 heavy (non-hydrogen) atoms. The van der Waals surface area contributed by atoms with Crippen LogP contribution in [0.1, 0.15) is 16.2 Å². The van der Waals surface area contributed by atoms with Gasteiger partial charge in [-0.05, 0) is 42.0 Å². The lowest BCUT2D eigenvalue weighted by molar-refractivity contribution is 0.100. The summed E-state index contributed by atoms with van der Waals surface area (Å²) in [5.74, 6) is -0.589. The normalized spacial score (nSPS) is 10.8. The third-order valence-electron chi connectivity index (χ3n) is 3.77. The molecule has 1 aromatic carbocycles. The third-order valence-corrected chi connectivity index (χ3v) is 3.77. The fourth-order valence-electron chi connectivity index (χ4n) is 2.55. The summed E-state index contributed by atoms with van der Waals surface area (Å²) in [4.78, 5) is 20.1. The van der Waals surface area contributed by atoms with Gasteiger partial charge in [0.15, 0.2) is 5.76 Å². The summed E-state index contributed by atoms with van der Waals surface area (Å²) in [6.45, 7) is 0. The van der Waals surface area contributed by atoms with Crippen LogP contribution in [0.3, 0.4) is 0 Å². The second-order valence-electron chi connectivity index (χ2n) is 5.36. The van der Waals surface area contributed by atoms with Gasteiger partial charge in [-0.3, -0.25) is 4.79 Å². The highest BCUT2D eigenvalue weighted by Gasteiger charge is 2.15. The first kappa shape index (κ1) is 15.0. The van der Waals surface area contributed by atoms with E-state index in [-0.39, 0.29) is 17.2 Å². The molecule has 122 valence electrons. The largest absolute Gasteiger partial charge is 0.461 e. The zero-order valence-corrected chi connectivity index (χ0v) is 13.0. The standard InChI is InChI=1S/C19H12FN3O2/c20-19-15(6-2-8-21-19)13-4-1-5-14(10-13)23-11-16(22-12-23)18(24)17-7-3-9-25-17/h1-12H. The fourth-order valence-corrected chi connectivity index (χ4v) is 2.55. The maximum Gasteiger partial charge on any atom is 0.248 e. The van der Waals surface area contributed by atoms with E-state index in [1.165, 1.54) is 18.8 Å². The topological polar surface area (TPSA) is 60.9 Å². The smallest absolute Gasteiger partial charge is 0.248 e. The molecule has 0 radical (unpaired) electrons. The number of imidazole rings is 1. The van der Waals surface area contributed by atoms with Crippen LogP contribution in [0.2, 0.25) is 0 Å². The van der Waals surface area contributed by atoms with Crippen molar-refractivity contribution in [1.82, 2.24) is 14.5 Å². The Bertz CT molecular complexity index is 1040. The predicted octanol–water partition coefficient (Wildman–Crippen LogP) is 3.90. The first-order valence-electron chi connectivity index (χ1n) is 7.56. The molecule has 6 heteroatoms. The first-order chi connectivity index (χ1) is 12.2. The third kappa shape index (κ3) is 2.85. The Kier molecular flexibility index (Phi) is 3.70. The summed E-state index contributed by atoms with van der Waals surface area (Å²) in [5.41, 5.74) is 2.13. The highest BCUT2D eigenvalue weighted by Crippen LogP contribution is 2.24. The van der Waals surface area contributed by atoms with Gasteiger partial charge in [0.25, 0.3) is 0 Å². The second-order valence-corrected chi connectivity index (χ2v) is 5.36. The fraction of sp³-hybridized carbons (Fsp3) is 0. The minimum Gasteiger partial charge on any atom is -0.461 e. The van der Waals surface area contributed by atoms with Gasteiger partial charge in [0, 0.05) is 23.6 Å². The average Bonchev–Trinajstić information content (AvgIpc) is 3.34. The number of furan rings is 1. The van der Waals surface area contributed by atoms with Gasteiger partial charge in [0.05, 0.1) is 6.26 Å². The van der Waals surface area contributed by atoms with E-state index in [1.807, 2.05) is 18.2 Å². The van der Waals surface area contributed by atoms with Gasteiger partial charge >= 0.3 is 0 Å². The highest BCUT2D eigenvalue weighted by molar-refractivity contribution is 6.05. The SMILES string of the molecule is O=C(c1cn(-c2cccc(-c3cccnc3F)c2)cn1)c1ccco1. The molecule has 3 aromatic heterocycles. The Morgan fingerprint density at radius 3 is 2.80 bits per heavy atom. The number of rotatable bonds is 4. The van der Waals surface area contributed by atoms with Gasteiger partial charge in [-0.25, -0.2) is 9.97 Å². The highest BCUT2D eigenvalue weighted by atomic mass is 19.1. The van der Waals surface area contributed by atoms with Crippen molar-refractivity contribution in [2.45, 2.75) is 0 Å². The summed E-state index contributed by atoms with van der Waals surface area (Å²) in [5, 5.41) is 0. The summed E-state index contributed by atoms with van der Waals surface area (Å²) in [6.07, 6.45) is 6.00. The maximum absolute atomic E-state index is 13.9. The Labute approximate surface area is 142 Å². The van der Waals surface area contributed by atoms with E-state index in [9.17, 15) is 9.18 Å². The summed E-state index contributed by atoms with van der Waals surface area (Å²) in [7, 11) is 0. The van der Waals surface area contributed by atoms with Gasteiger partial charge in [-0.1, -0.05) is 12.1 Å². The maximum atomic E-state index is 13.9. The molecule has 0 N–H and O–H groups in total. The molecule has 3 heterocycles. The molecule has 0 atom stereocenters. The zero-order valence-electron chi connectivity index (χ0n) is 13.0. The van der Waals surface area contributed by atoms with Gasteiger partial charge in [-0.2, -0.15) is 4.39 Å². The minimum atomic E-state index is -0.529. The van der Waals surface area contributed by atoms with Crippen molar-refractivity contribution < 1.29 is 13.6 Å². The zero-order chi connectivity index (χ0) is 17.2. The van der Waals surface area contributed by atoms with E-state index < -0.39 is 5.95 Å². The molecular formula is C19H12FN3O2. The lowest BCUT2D eigenvalue weighted by atomic mass is 10.1. The number of carbonyl (C=O) groups is 1. The van der Waals surface area contributed by atoms with Crippen molar-refractivity contribution in [3.63, 3.8) is 0 Å². The van der Waals surface area contributed by atoms with Crippen molar-refractivity contribution in [2.75, 3.05) is 0 Å². The van der Waals surface area contributed by atoms with Crippen molar-refractivity contribution in [3.05, 3.63) is 90.9 Å². The molecule has 0 aliphatic carbocycles. The van der Waals surface area contributed by atoms with E-state index in [0.717, 1.165) is 5.69 Å². The molecule has 0 unspecified atom stereocenters. The molecule has 0 fully saturated rings. The molecular weight excluding hydrogens is 321 g/mol. The predicted molar refractivity (Wildman–Crippen MR) is 88.9 cm³/mol. The molecule has 4 aromatic rings. The quantitative estimate of drug-likeness (QED) is 0.420. The number of halogens is 1. The second kappa shape index (κ2) is 6.16. The number of pyridine rings is 1. The van der Waals surface area contributed by atoms with Crippen molar-refractivity contribution in [1.29, 1.82) is 0 Å². The van der Waals surface area contributed by atoms with E-state index in [0.29, 0.717) is 11.1 Å². The summed E-state index contributed by atoms with van der Waals surface area (Å²) in [6, 6.07) is 13.9. The summed E-state index contributed by atoms with van der Waals surface area (Å²) >= 11 is 0. The van der Waals surface area contributed by atoms with Crippen LogP contribution in [0.5, 0.6) is 0 Å². The Morgan fingerprint density at radius 2 is 2.00 bits per heavy atom. The van der Waals surface area contributed by atoms with E-state index >= 15 is 0 Å². The Morgan fingerprint density at radius 1 is 1.08 bits per heavy atom. The first-order valence-corrected chi connectivity index (χ1v) is 7.56. The molecule has 0 bridgehead atoms. The van der Waals surface area contributed by atoms with Crippen LogP contribution >= 0.6 is 0 Å². The number of carbonyl (C=O) groups excluding carboxylic acids is 1. The van der Waals surface area contributed by atoms with Gasteiger partial charge in [0.1, 0.15) is 12.0 Å². The lowest BCUT2D eigenvalue weighted by Gasteiger charge is -2.06. The summed E-state index contributed by atoms with van der Waals surface area (Å²) < 4.78 is 20.7. The van der Waals surface area contributed by atoms with Crippen molar-refractivity contribution >= 4 is 5.78 Å². The molecule has 0 aliphatic rings. The monoisotopic (exact) mass is 333 g/mol. The van der Waals surface area contributed by atoms with Crippen molar-refractivity contribution in [3.8, 4) is 16.8 Å². The molecule has 0 aliphatic heterocycles. The number of hydrogen-bond donors (Lipinski definition) is 0. The molecule has 0 spiro atoms. The van der Waals surface area contributed by atoms with Gasteiger partial charge in [-0.15, -0.1) is 0 Å². The van der Waals surface area contributed by atoms with Gasteiger partial charge in [0.2, 0.25) is 11.7 Å². The number of benzene rings is 1. The van der Waals surface area contributed by atoms with E-state index in [4.69, 9.17) is 4.42 Å². The molecule has 0 saturated heterocycles. The number of nitrogens with zero attached hydrogens (tertiary/aromatic N) is 3. The molecule has 4 rings (SSSR count). The molecule has 0 amide bonds. The van der Waals surface area contributed by atoms with Crippen LogP contribution in [0.4, 0.5) is 4.39 Å². The van der Waals surface area contributed by atoms with Crippen LogP contribution in [-0.2, 0) is 0 Å². The lowest BCUT2D eigenvalue weighted by Crippen LogP contribution is -1.99. The van der Waals surface area contributed by atoms with Gasteiger partial charge < -0.3 is 8.98 Å². The average molecular weight is 333 g/mol. The Balaban J connectivity index is 1.69. The molecule has 0 saturated carbocycles. The minimum absolute atomic E-state index is 0.233. The number of hydrogen-bond acceptors (Lipinski definition) is 4. The Hall–Kier alpha value is -3.54. The van der Waals surface area contributed by atoms with E-state index in [2.05, 4.69) is 9.97 Å². The molecule has 5 nitrogen and oxygen atoms in total.